The summed E-state index contributed by atoms with van der Waals surface area (Å²) in [6.45, 7) is 1.10. The van der Waals surface area contributed by atoms with E-state index in [9.17, 15) is 4.79 Å². The first-order valence-electron chi connectivity index (χ1n) is 6.42. The van der Waals surface area contributed by atoms with Gasteiger partial charge in [-0.15, -0.1) is 0 Å². The van der Waals surface area contributed by atoms with Crippen molar-refractivity contribution in [1.82, 2.24) is 0 Å². The Hall–Kier alpha value is -1.39. The molecule has 1 aromatic rings. The van der Waals surface area contributed by atoms with Crippen LogP contribution in [0.4, 0.5) is 0 Å². The lowest BCUT2D eigenvalue weighted by atomic mass is 10.1. The van der Waals surface area contributed by atoms with Crippen molar-refractivity contribution in [1.29, 1.82) is 0 Å². The molecule has 0 aliphatic rings. The molecule has 1 rings (SSSR count). The van der Waals surface area contributed by atoms with Gasteiger partial charge in [-0.3, -0.25) is 0 Å². The average molecular weight is 250 g/mol. The summed E-state index contributed by atoms with van der Waals surface area (Å²) in [7, 11) is 0. The maximum absolute atomic E-state index is 11.6. The highest BCUT2D eigenvalue weighted by Gasteiger charge is 2.06. The van der Waals surface area contributed by atoms with Crippen LogP contribution in [0.3, 0.4) is 0 Å². The smallest absolute Gasteiger partial charge is 0.338 e. The highest BCUT2D eigenvalue weighted by atomic mass is 16.5. The fourth-order valence-corrected chi connectivity index (χ4v) is 1.69. The molecular formula is C14H22N2O2. The Bertz CT molecular complexity index is 341. The van der Waals surface area contributed by atoms with Crippen LogP contribution in [-0.2, 0) is 4.74 Å². The third-order valence-corrected chi connectivity index (χ3v) is 2.74. The minimum Gasteiger partial charge on any atom is -0.462 e. The molecule has 0 aliphatic carbocycles. The van der Waals surface area contributed by atoms with Crippen molar-refractivity contribution in [2.75, 3.05) is 13.2 Å². The maximum Gasteiger partial charge on any atom is 0.338 e. The lowest BCUT2D eigenvalue weighted by molar-refractivity contribution is 0.0496. The van der Waals surface area contributed by atoms with Crippen LogP contribution in [-0.4, -0.2) is 25.2 Å². The Labute approximate surface area is 108 Å². The van der Waals surface area contributed by atoms with Gasteiger partial charge < -0.3 is 16.2 Å². The number of carbonyl (C=O) groups is 1. The molecule has 0 heterocycles. The molecule has 1 atom stereocenters. The largest absolute Gasteiger partial charge is 0.462 e. The number of rotatable bonds is 8. The van der Waals surface area contributed by atoms with Crippen molar-refractivity contribution in [3.63, 3.8) is 0 Å². The van der Waals surface area contributed by atoms with Gasteiger partial charge in [0.25, 0.3) is 0 Å². The van der Waals surface area contributed by atoms with Gasteiger partial charge in [0.15, 0.2) is 0 Å². The summed E-state index contributed by atoms with van der Waals surface area (Å²) in [5.41, 5.74) is 11.9. The summed E-state index contributed by atoms with van der Waals surface area (Å²) in [5, 5.41) is 0. The van der Waals surface area contributed by atoms with E-state index < -0.39 is 0 Å². The number of hydrogen-bond acceptors (Lipinski definition) is 4. The van der Waals surface area contributed by atoms with E-state index in [2.05, 4.69) is 0 Å². The first-order chi connectivity index (χ1) is 8.74. The summed E-state index contributed by atoms with van der Waals surface area (Å²) < 4.78 is 5.16. The summed E-state index contributed by atoms with van der Waals surface area (Å²) in [6.07, 6.45) is 3.54. The normalized spacial score (nSPS) is 12.1. The molecule has 4 N–H and O–H groups in total. The van der Waals surface area contributed by atoms with E-state index in [0.29, 0.717) is 18.7 Å². The summed E-state index contributed by atoms with van der Waals surface area (Å²) in [5.74, 6) is -0.272. The second kappa shape index (κ2) is 8.66. The van der Waals surface area contributed by atoms with Crippen LogP contribution in [0.2, 0.25) is 0 Å². The molecule has 100 valence electrons. The topological polar surface area (TPSA) is 78.3 Å². The Morgan fingerprint density at radius 1 is 1.17 bits per heavy atom. The molecule has 4 nitrogen and oxygen atoms in total. The molecule has 0 amide bonds. The zero-order chi connectivity index (χ0) is 13.2. The number of carbonyl (C=O) groups excluding carboxylic acids is 1. The zero-order valence-electron chi connectivity index (χ0n) is 10.7. The molecular weight excluding hydrogens is 228 g/mol. The standard InChI is InChI=1S/C14H22N2O2/c15-10-4-8-13(16)9-5-11-18-14(17)12-6-2-1-3-7-12/h1-3,6-7,13H,4-5,8-11,15-16H2. The SMILES string of the molecule is NCCCC(N)CCCOC(=O)c1ccccc1. The minimum absolute atomic E-state index is 0.156. The quantitative estimate of drug-likeness (QED) is 0.543. The molecule has 0 fully saturated rings. The minimum atomic E-state index is -0.272. The number of esters is 1. The van der Waals surface area contributed by atoms with E-state index in [1.54, 1.807) is 12.1 Å². The molecule has 1 aromatic carbocycles. The van der Waals surface area contributed by atoms with Gasteiger partial charge in [-0.05, 0) is 44.4 Å². The summed E-state index contributed by atoms with van der Waals surface area (Å²) in [4.78, 5) is 11.6. The molecule has 0 spiro atoms. The third kappa shape index (κ3) is 5.80. The van der Waals surface area contributed by atoms with E-state index in [1.165, 1.54) is 0 Å². The molecule has 18 heavy (non-hydrogen) atoms. The molecule has 0 saturated heterocycles. The van der Waals surface area contributed by atoms with E-state index in [-0.39, 0.29) is 12.0 Å². The Morgan fingerprint density at radius 3 is 2.50 bits per heavy atom. The molecule has 0 saturated carbocycles. The Kier molecular flexibility index (Phi) is 7.06. The van der Waals surface area contributed by atoms with Crippen molar-refractivity contribution in [3.8, 4) is 0 Å². The van der Waals surface area contributed by atoms with Gasteiger partial charge >= 0.3 is 5.97 Å². The highest BCUT2D eigenvalue weighted by Crippen LogP contribution is 2.04. The summed E-state index contributed by atoms with van der Waals surface area (Å²) >= 11 is 0. The zero-order valence-corrected chi connectivity index (χ0v) is 10.7. The van der Waals surface area contributed by atoms with Crippen molar-refractivity contribution < 1.29 is 9.53 Å². The van der Waals surface area contributed by atoms with Gasteiger partial charge in [0, 0.05) is 6.04 Å². The van der Waals surface area contributed by atoms with Crippen LogP contribution >= 0.6 is 0 Å². The van der Waals surface area contributed by atoms with Crippen molar-refractivity contribution in [3.05, 3.63) is 35.9 Å². The molecule has 1 unspecified atom stereocenters. The average Bonchev–Trinajstić information content (AvgIpc) is 2.42. The molecule has 0 bridgehead atoms. The molecule has 0 radical (unpaired) electrons. The second-order valence-electron chi connectivity index (χ2n) is 4.34. The lowest BCUT2D eigenvalue weighted by Gasteiger charge is -2.10. The van der Waals surface area contributed by atoms with Gasteiger partial charge in [-0.1, -0.05) is 18.2 Å². The molecule has 4 heteroatoms. The first-order valence-corrected chi connectivity index (χ1v) is 6.42. The maximum atomic E-state index is 11.6. The van der Waals surface area contributed by atoms with E-state index in [1.807, 2.05) is 18.2 Å². The van der Waals surface area contributed by atoms with Crippen molar-refractivity contribution in [2.24, 2.45) is 11.5 Å². The fraction of sp³-hybridized carbons (Fsp3) is 0.500. The Balaban J connectivity index is 2.13. The number of benzene rings is 1. The summed E-state index contributed by atoms with van der Waals surface area (Å²) in [6, 6.07) is 9.15. The lowest BCUT2D eigenvalue weighted by Crippen LogP contribution is -2.21. The van der Waals surface area contributed by atoms with E-state index >= 15 is 0 Å². The monoisotopic (exact) mass is 250 g/mol. The van der Waals surface area contributed by atoms with Gasteiger partial charge in [0.1, 0.15) is 0 Å². The van der Waals surface area contributed by atoms with Crippen LogP contribution in [0.15, 0.2) is 30.3 Å². The van der Waals surface area contributed by atoms with E-state index in [4.69, 9.17) is 16.2 Å². The predicted molar refractivity (Wildman–Crippen MR) is 72.2 cm³/mol. The van der Waals surface area contributed by atoms with Crippen molar-refractivity contribution >= 4 is 5.97 Å². The van der Waals surface area contributed by atoms with Crippen LogP contribution < -0.4 is 11.5 Å². The fourth-order valence-electron chi connectivity index (χ4n) is 1.69. The van der Waals surface area contributed by atoms with Crippen LogP contribution in [0.1, 0.15) is 36.0 Å². The van der Waals surface area contributed by atoms with Gasteiger partial charge in [0.05, 0.1) is 12.2 Å². The van der Waals surface area contributed by atoms with Gasteiger partial charge in [0.2, 0.25) is 0 Å². The predicted octanol–water partition coefficient (Wildman–Crippen LogP) is 1.69. The Morgan fingerprint density at radius 2 is 1.83 bits per heavy atom. The molecule has 0 aliphatic heterocycles. The van der Waals surface area contributed by atoms with Gasteiger partial charge in [-0.25, -0.2) is 4.79 Å². The second-order valence-corrected chi connectivity index (χ2v) is 4.34. The molecule has 0 aromatic heterocycles. The van der Waals surface area contributed by atoms with Crippen LogP contribution in [0.25, 0.3) is 0 Å². The first kappa shape index (κ1) is 14.7. The third-order valence-electron chi connectivity index (χ3n) is 2.74. The van der Waals surface area contributed by atoms with Crippen LogP contribution in [0, 0.1) is 0 Å². The number of ether oxygens (including phenoxy) is 1. The van der Waals surface area contributed by atoms with E-state index in [0.717, 1.165) is 25.7 Å². The van der Waals surface area contributed by atoms with Gasteiger partial charge in [-0.2, -0.15) is 0 Å². The number of hydrogen-bond donors (Lipinski definition) is 2. The van der Waals surface area contributed by atoms with Crippen LogP contribution in [0.5, 0.6) is 0 Å². The number of nitrogens with two attached hydrogens (primary N) is 2. The van der Waals surface area contributed by atoms with Crippen molar-refractivity contribution in [2.45, 2.75) is 31.7 Å². The highest BCUT2D eigenvalue weighted by molar-refractivity contribution is 5.89.